The maximum atomic E-state index is 13.9. The molecule has 0 radical (unpaired) electrons. The second kappa shape index (κ2) is 9.43. The highest BCUT2D eigenvalue weighted by Gasteiger charge is 2.31. The van der Waals surface area contributed by atoms with Crippen molar-refractivity contribution in [3.05, 3.63) is 82.1 Å². The summed E-state index contributed by atoms with van der Waals surface area (Å²) < 4.78 is 55.4. The Bertz CT molecular complexity index is 1280. The molecule has 0 saturated heterocycles. The van der Waals surface area contributed by atoms with Crippen molar-refractivity contribution in [3.63, 3.8) is 0 Å². The number of ketones is 1. The molecule has 0 saturated carbocycles. The predicted octanol–water partition coefficient (Wildman–Crippen LogP) is 5.49. The van der Waals surface area contributed by atoms with Gasteiger partial charge in [0.2, 0.25) is 11.5 Å². The van der Waals surface area contributed by atoms with E-state index in [4.69, 9.17) is 23.7 Å². The molecule has 0 aromatic heterocycles. The summed E-state index contributed by atoms with van der Waals surface area (Å²) in [4.78, 5) is 13.0. The normalized spacial score (nSPS) is 13.5. The van der Waals surface area contributed by atoms with E-state index in [9.17, 15) is 13.6 Å². The number of carbonyl (C=O) groups is 1. The van der Waals surface area contributed by atoms with Crippen LogP contribution in [0.25, 0.3) is 6.08 Å². The molecular weight excluding hydrogens is 446 g/mol. The van der Waals surface area contributed by atoms with Crippen LogP contribution in [0, 0.1) is 18.6 Å². The third-order valence-corrected chi connectivity index (χ3v) is 5.41. The Kier molecular flexibility index (Phi) is 6.40. The van der Waals surface area contributed by atoms with Crippen LogP contribution in [0.5, 0.6) is 28.7 Å². The number of ether oxygens (including phenoxy) is 5. The molecule has 1 aliphatic rings. The summed E-state index contributed by atoms with van der Waals surface area (Å²) in [7, 11) is 4.48. The van der Waals surface area contributed by atoms with E-state index in [0.717, 1.165) is 12.1 Å². The summed E-state index contributed by atoms with van der Waals surface area (Å²) in [5.74, 6) is 0.237. The number of halogens is 2. The number of benzene rings is 3. The third kappa shape index (κ3) is 4.14. The van der Waals surface area contributed by atoms with Gasteiger partial charge in [-0.1, -0.05) is 6.07 Å². The van der Waals surface area contributed by atoms with Gasteiger partial charge in [0.05, 0.1) is 32.5 Å². The quantitative estimate of drug-likeness (QED) is 0.427. The van der Waals surface area contributed by atoms with Crippen molar-refractivity contribution in [2.45, 2.75) is 13.5 Å². The van der Waals surface area contributed by atoms with Crippen molar-refractivity contribution >= 4 is 11.9 Å². The summed E-state index contributed by atoms with van der Waals surface area (Å²) in [6, 6.07) is 10.2. The lowest BCUT2D eigenvalue weighted by molar-refractivity contribution is 0.101. The molecule has 0 amide bonds. The molecule has 3 aromatic rings. The number of aryl methyl sites for hydroxylation is 1. The SMILES string of the molecule is COc1ccc(/C=C2\Oc3cc(OCc4c(F)cccc4F)cc(C)c3C2=O)c(OC)c1OC. The topological polar surface area (TPSA) is 63.2 Å². The van der Waals surface area contributed by atoms with Gasteiger partial charge >= 0.3 is 0 Å². The summed E-state index contributed by atoms with van der Waals surface area (Å²) in [5.41, 5.74) is 1.36. The second-order valence-electron chi connectivity index (χ2n) is 7.47. The predicted molar refractivity (Wildman–Crippen MR) is 121 cm³/mol. The van der Waals surface area contributed by atoms with Crippen molar-refractivity contribution in [2.24, 2.45) is 0 Å². The molecule has 0 N–H and O–H groups in total. The van der Waals surface area contributed by atoms with E-state index in [1.165, 1.54) is 33.5 Å². The number of rotatable bonds is 7. The van der Waals surface area contributed by atoms with Gasteiger partial charge in [0.25, 0.3) is 0 Å². The van der Waals surface area contributed by atoms with Crippen molar-refractivity contribution in [1.82, 2.24) is 0 Å². The fourth-order valence-electron chi connectivity index (χ4n) is 3.77. The van der Waals surface area contributed by atoms with Crippen molar-refractivity contribution in [3.8, 4) is 28.7 Å². The van der Waals surface area contributed by atoms with Gasteiger partial charge in [0.15, 0.2) is 17.3 Å². The molecule has 1 heterocycles. The molecule has 6 nitrogen and oxygen atoms in total. The smallest absolute Gasteiger partial charge is 0.232 e. The van der Waals surface area contributed by atoms with Gasteiger partial charge in [-0.25, -0.2) is 8.78 Å². The highest BCUT2D eigenvalue weighted by atomic mass is 19.1. The molecule has 0 fully saturated rings. The molecule has 0 unspecified atom stereocenters. The Morgan fingerprint density at radius 2 is 1.65 bits per heavy atom. The monoisotopic (exact) mass is 468 g/mol. The van der Waals surface area contributed by atoms with Gasteiger partial charge in [0, 0.05) is 11.6 Å². The number of carbonyl (C=O) groups excluding carboxylic acids is 1. The largest absolute Gasteiger partial charge is 0.493 e. The van der Waals surface area contributed by atoms with E-state index in [1.54, 1.807) is 31.2 Å². The highest BCUT2D eigenvalue weighted by Crippen LogP contribution is 2.42. The molecule has 3 aromatic carbocycles. The van der Waals surface area contributed by atoms with Crippen LogP contribution in [-0.4, -0.2) is 27.1 Å². The molecule has 1 aliphatic heterocycles. The van der Waals surface area contributed by atoms with Crippen LogP contribution < -0.4 is 23.7 Å². The second-order valence-corrected chi connectivity index (χ2v) is 7.47. The van der Waals surface area contributed by atoms with E-state index in [-0.39, 0.29) is 23.7 Å². The molecule has 176 valence electrons. The Morgan fingerprint density at radius 1 is 0.941 bits per heavy atom. The first-order chi connectivity index (χ1) is 16.4. The van der Waals surface area contributed by atoms with E-state index in [2.05, 4.69) is 0 Å². The molecule has 34 heavy (non-hydrogen) atoms. The van der Waals surface area contributed by atoms with Crippen molar-refractivity contribution in [2.75, 3.05) is 21.3 Å². The van der Waals surface area contributed by atoms with Crippen LogP contribution in [0.4, 0.5) is 8.78 Å². The maximum absolute atomic E-state index is 13.9. The van der Waals surface area contributed by atoms with E-state index >= 15 is 0 Å². The van der Waals surface area contributed by atoms with Gasteiger partial charge < -0.3 is 23.7 Å². The van der Waals surface area contributed by atoms with Crippen LogP contribution in [0.1, 0.15) is 27.0 Å². The van der Waals surface area contributed by atoms with E-state index < -0.39 is 11.6 Å². The van der Waals surface area contributed by atoms with E-state index in [0.29, 0.717) is 45.4 Å². The lowest BCUT2D eigenvalue weighted by atomic mass is 10.0. The zero-order valence-corrected chi connectivity index (χ0v) is 19.0. The summed E-state index contributed by atoms with van der Waals surface area (Å²) >= 11 is 0. The number of fused-ring (bicyclic) bond motifs is 1. The van der Waals surface area contributed by atoms with Crippen LogP contribution in [0.15, 0.2) is 48.2 Å². The average molecular weight is 468 g/mol. The molecule has 0 spiro atoms. The minimum atomic E-state index is -0.696. The fraction of sp³-hybridized carbons (Fsp3) is 0.192. The Labute approximate surface area is 195 Å². The van der Waals surface area contributed by atoms with Gasteiger partial charge in [-0.3, -0.25) is 4.79 Å². The summed E-state index contributed by atoms with van der Waals surface area (Å²) in [5, 5.41) is 0. The molecule has 8 heteroatoms. The highest BCUT2D eigenvalue weighted by molar-refractivity contribution is 6.15. The van der Waals surface area contributed by atoms with Crippen LogP contribution in [-0.2, 0) is 6.61 Å². The first-order valence-corrected chi connectivity index (χ1v) is 10.3. The molecule has 4 rings (SSSR count). The van der Waals surface area contributed by atoms with Crippen LogP contribution in [0.2, 0.25) is 0 Å². The number of allylic oxidation sites excluding steroid dienone is 1. The lowest BCUT2D eigenvalue weighted by Crippen LogP contribution is -2.03. The zero-order valence-electron chi connectivity index (χ0n) is 19.0. The Balaban J connectivity index is 1.63. The van der Waals surface area contributed by atoms with Crippen LogP contribution >= 0.6 is 0 Å². The number of Topliss-reactive ketones (excluding diaryl/α,β-unsaturated/α-hetero) is 1. The number of hydrogen-bond acceptors (Lipinski definition) is 6. The third-order valence-electron chi connectivity index (χ3n) is 5.41. The molecule has 0 aliphatic carbocycles. The minimum Gasteiger partial charge on any atom is -0.493 e. The first kappa shape index (κ1) is 23.1. The standard InChI is InChI=1S/C26H22F2O6/c1-14-10-16(33-13-17-18(27)6-5-7-19(17)28)12-21-23(14)24(29)22(34-21)11-15-8-9-20(30-2)26(32-4)25(15)31-3/h5-12H,13H2,1-4H3/b22-11-. The summed E-state index contributed by atoms with van der Waals surface area (Å²) in [6.07, 6.45) is 1.55. The van der Waals surface area contributed by atoms with E-state index in [1.807, 2.05) is 0 Å². The average Bonchev–Trinajstić information content (AvgIpc) is 3.13. The lowest BCUT2D eigenvalue weighted by Gasteiger charge is -2.14. The van der Waals surface area contributed by atoms with Crippen molar-refractivity contribution in [1.29, 1.82) is 0 Å². The van der Waals surface area contributed by atoms with Crippen LogP contribution in [0.3, 0.4) is 0 Å². The van der Waals surface area contributed by atoms with Gasteiger partial charge in [-0.15, -0.1) is 0 Å². The first-order valence-electron chi connectivity index (χ1n) is 10.3. The van der Waals surface area contributed by atoms with Crippen molar-refractivity contribution < 1.29 is 37.3 Å². The van der Waals surface area contributed by atoms with Gasteiger partial charge in [0.1, 0.15) is 29.7 Å². The Morgan fingerprint density at radius 3 is 2.29 bits per heavy atom. The number of hydrogen-bond donors (Lipinski definition) is 0. The van der Waals surface area contributed by atoms with Gasteiger partial charge in [-0.2, -0.15) is 0 Å². The summed E-state index contributed by atoms with van der Waals surface area (Å²) in [6.45, 7) is 1.42. The Hall–Kier alpha value is -4.07. The number of methoxy groups -OCH3 is 3. The molecule has 0 bridgehead atoms. The molecule has 0 atom stereocenters. The zero-order chi connectivity index (χ0) is 24.4. The maximum Gasteiger partial charge on any atom is 0.232 e. The van der Waals surface area contributed by atoms with Gasteiger partial charge in [-0.05, 0) is 48.9 Å². The molecular formula is C26H22F2O6. The minimum absolute atomic E-state index is 0.0842. The fourth-order valence-corrected chi connectivity index (χ4v) is 3.77.